The van der Waals surface area contributed by atoms with Crippen molar-refractivity contribution in [1.82, 2.24) is 0 Å². The highest BCUT2D eigenvalue weighted by Crippen LogP contribution is 1.93. The minimum absolute atomic E-state index is 0.144. The fraction of sp³-hybridized carbons (Fsp3) is 0.750. The molecule has 0 heterocycles. The summed E-state index contributed by atoms with van der Waals surface area (Å²) in [5, 5.41) is 0. The van der Waals surface area contributed by atoms with Crippen molar-refractivity contribution in [1.29, 1.82) is 0 Å². The normalized spacial score (nSPS) is 9.18. The van der Waals surface area contributed by atoms with Crippen molar-refractivity contribution in [2.75, 3.05) is 6.61 Å². The van der Waals surface area contributed by atoms with Crippen LogP contribution in [0, 0.1) is 0 Å². The van der Waals surface area contributed by atoms with E-state index in [2.05, 4.69) is 0 Å². The van der Waals surface area contributed by atoms with E-state index in [1.54, 1.807) is 6.29 Å². The van der Waals surface area contributed by atoms with E-state index in [4.69, 9.17) is 4.74 Å². The van der Waals surface area contributed by atoms with Gasteiger partial charge in [0.1, 0.15) is 0 Å². The molecule has 3 heteroatoms. The van der Waals surface area contributed by atoms with E-state index in [9.17, 15) is 9.59 Å². The lowest BCUT2D eigenvalue weighted by Gasteiger charge is -2.00. The van der Waals surface area contributed by atoms with Crippen molar-refractivity contribution in [2.24, 2.45) is 0 Å². The summed E-state index contributed by atoms with van der Waals surface area (Å²) < 4.78 is 4.77. The second-order valence-electron chi connectivity index (χ2n) is 2.22. The molecule has 0 aromatic rings. The number of hydrogen-bond acceptors (Lipinski definition) is 3. The zero-order chi connectivity index (χ0) is 8.53. The molecule has 1 radical (unpaired) electrons. The Morgan fingerprint density at radius 2 is 2.27 bits per heavy atom. The summed E-state index contributed by atoms with van der Waals surface area (Å²) in [4.78, 5) is 20.4. The van der Waals surface area contributed by atoms with Crippen LogP contribution in [0.2, 0.25) is 0 Å². The highest BCUT2D eigenvalue weighted by Gasteiger charge is 2.00. The van der Waals surface area contributed by atoms with Crippen molar-refractivity contribution in [3.8, 4) is 0 Å². The molecule has 0 unspecified atom stereocenters. The van der Waals surface area contributed by atoms with E-state index in [1.165, 1.54) is 0 Å². The first-order valence-corrected chi connectivity index (χ1v) is 3.82. The molecule has 11 heavy (non-hydrogen) atoms. The molecule has 0 amide bonds. The van der Waals surface area contributed by atoms with Crippen LogP contribution in [0.3, 0.4) is 0 Å². The Balaban J connectivity index is 3.15. The predicted octanol–water partition coefficient (Wildman–Crippen LogP) is 1.22. The fourth-order valence-corrected chi connectivity index (χ4v) is 0.556. The van der Waals surface area contributed by atoms with Gasteiger partial charge in [0.25, 0.3) is 0 Å². The second kappa shape index (κ2) is 7.25. The number of hydrogen-bond donors (Lipinski definition) is 0. The molecule has 0 aliphatic rings. The van der Waals surface area contributed by atoms with Crippen molar-refractivity contribution in [2.45, 2.75) is 32.6 Å². The van der Waals surface area contributed by atoms with Gasteiger partial charge in [0.15, 0.2) is 6.29 Å². The Labute approximate surface area is 66.7 Å². The number of esters is 1. The molecular weight excluding hydrogens is 144 g/mol. The Bertz CT molecular complexity index is 121. The lowest BCUT2D eigenvalue weighted by Crippen LogP contribution is -2.05. The third kappa shape index (κ3) is 7.03. The maximum atomic E-state index is 10.7. The van der Waals surface area contributed by atoms with Crippen molar-refractivity contribution >= 4 is 12.3 Å². The molecule has 3 nitrogen and oxygen atoms in total. The van der Waals surface area contributed by atoms with Crippen molar-refractivity contribution in [3.05, 3.63) is 0 Å². The lowest BCUT2D eigenvalue weighted by molar-refractivity contribution is -0.143. The summed E-state index contributed by atoms with van der Waals surface area (Å²) in [6.45, 7) is 2.49. The van der Waals surface area contributed by atoms with Crippen LogP contribution in [-0.2, 0) is 14.3 Å². The number of carbonyl (C=O) groups excluding carboxylic acids is 2. The van der Waals surface area contributed by atoms with Gasteiger partial charge in [0, 0.05) is 6.42 Å². The summed E-state index contributed by atoms with van der Waals surface area (Å²) in [5.74, 6) is -0.304. The summed E-state index contributed by atoms with van der Waals surface area (Å²) in [5.41, 5.74) is 0. The number of unbranched alkanes of at least 4 members (excludes halogenated alkanes) is 1. The first kappa shape index (κ1) is 10.1. The molecular formula is C8H13O3. The molecule has 0 bridgehead atoms. The number of ether oxygens (including phenoxy) is 1. The molecule has 0 aromatic heterocycles. The highest BCUT2D eigenvalue weighted by atomic mass is 16.5. The van der Waals surface area contributed by atoms with Gasteiger partial charge >= 0.3 is 5.97 Å². The highest BCUT2D eigenvalue weighted by molar-refractivity contribution is 5.72. The van der Waals surface area contributed by atoms with E-state index in [-0.39, 0.29) is 18.8 Å². The van der Waals surface area contributed by atoms with E-state index >= 15 is 0 Å². The Kier molecular flexibility index (Phi) is 6.68. The van der Waals surface area contributed by atoms with E-state index in [0.29, 0.717) is 6.61 Å². The van der Waals surface area contributed by atoms with Gasteiger partial charge < -0.3 is 4.74 Å². The monoisotopic (exact) mass is 157 g/mol. The maximum absolute atomic E-state index is 10.7. The van der Waals surface area contributed by atoms with Crippen LogP contribution in [0.15, 0.2) is 0 Å². The Morgan fingerprint density at radius 1 is 1.55 bits per heavy atom. The van der Waals surface area contributed by atoms with Crippen LogP contribution in [0.4, 0.5) is 0 Å². The zero-order valence-corrected chi connectivity index (χ0v) is 6.76. The second-order valence-corrected chi connectivity index (χ2v) is 2.22. The third-order valence-corrected chi connectivity index (χ3v) is 1.19. The van der Waals surface area contributed by atoms with Crippen LogP contribution in [0.1, 0.15) is 32.6 Å². The van der Waals surface area contributed by atoms with E-state index in [1.807, 2.05) is 6.92 Å². The van der Waals surface area contributed by atoms with Gasteiger partial charge in [0.05, 0.1) is 13.0 Å². The van der Waals surface area contributed by atoms with Crippen LogP contribution >= 0.6 is 0 Å². The average Bonchev–Trinajstić information content (AvgIpc) is 2.01. The largest absolute Gasteiger partial charge is 0.466 e. The summed E-state index contributed by atoms with van der Waals surface area (Å²) in [6, 6.07) is 0. The molecule has 0 spiro atoms. The van der Waals surface area contributed by atoms with E-state index in [0.717, 1.165) is 12.8 Å². The van der Waals surface area contributed by atoms with Gasteiger partial charge in [-0.1, -0.05) is 13.3 Å². The van der Waals surface area contributed by atoms with Crippen LogP contribution in [-0.4, -0.2) is 18.9 Å². The molecule has 0 aliphatic carbocycles. The molecule has 0 saturated heterocycles. The third-order valence-electron chi connectivity index (χ3n) is 1.19. The van der Waals surface area contributed by atoms with Gasteiger partial charge in [-0.15, -0.1) is 0 Å². The molecule has 0 atom stereocenters. The standard InChI is InChI=1S/C8H13O3/c1-2-3-7-11-8(10)5-4-6-9/h2-5,7H2,1H3. The van der Waals surface area contributed by atoms with Gasteiger partial charge in [-0.25, -0.2) is 0 Å². The zero-order valence-electron chi connectivity index (χ0n) is 6.76. The molecule has 0 fully saturated rings. The maximum Gasteiger partial charge on any atom is 0.306 e. The van der Waals surface area contributed by atoms with Gasteiger partial charge in [-0.05, 0) is 6.42 Å². The minimum atomic E-state index is -0.304. The number of rotatable bonds is 6. The molecule has 0 saturated carbocycles. The van der Waals surface area contributed by atoms with E-state index < -0.39 is 0 Å². The van der Waals surface area contributed by atoms with Crippen molar-refractivity contribution in [3.63, 3.8) is 0 Å². The van der Waals surface area contributed by atoms with Crippen LogP contribution in [0.5, 0.6) is 0 Å². The van der Waals surface area contributed by atoms with Gasteiger partial charge in [-0.2, -0.15) is 0 Å². The SMILES string of the molecule is CCCCOC(=O)CC[C]=O. The molecule has 0 aliphatic heterocycles. The Morgan fingerprint density at radius 3 is 2.82 bits per heavy atom. The molecule has 0 rings (SSSR count). The van der Waals surface area contributed by atoms with Crippen LogP contribution < -0.4 is 0 Å². The quantitative estimate of drug-likeness (QED) is 0.430. The Hall–Kier alpha value is -0.860. The summed E-state index contributed by atoms with van der Waals surface area (Å²) >= 11 is 0. The van der Waals surface area contributed by atoms with Gasteiger partial charge in [0.2, 0.25) is 0 Å². The fourth-order valence-electron chi connectivity index (χ4n) is 0.556. The molecule has 0 aromatic carbocycles. The summed E-state index contributed by atoms with van der Waals surface area (Å²) in [6.07, 6.45) is 3.83. The van der Waals surface area contributed by atoms with Crippen LogP contribution in [0.25, 0.3) is 0 Å². The first-order chi connectivity index (χ1) is 5.31. The molecule has 63 valence electrons. The first-order valence-electron chi connectivity index (χ1n) is 3.82. The predicted molar refractivity (Wildman–Crippen MR) is 40.8 cm³/mol. The van der Waals surface area contributed by atoms with Gasteiger partial charge in [-0.3, -0.25) is 9.59 Å². The summed E-state index contributed by atoms with van der Waals surface area (Å²) in [7, 11) is 0. The number of carbonyl (C=O) groups is 1. The lowest BCUT2D eigenvalue weighted by atomic mass is 10.3. The minimum Gasteiger partial charge on any atom is -0.466 e. The average molecular weight is 157 g/mol. The van der Waals surface area contributed by atoms with Crippen molar-refractivity contribution < 1.29 is 14.3 Å². The molecule has 0 N–H and O–H groups in total. The topological polar surface area (TPSA) is 43.4 Å². The smallest absolute Gasteiger partial charge is 0.306 e.